The molecule has 1 aliphatic rings. The van der Waals surface area contributed by atoms with E-state index >= 15 is 0 Å². The van der Waals surface area contributed by atoms with Gasteiger partial charge in [-0.25, -0.2) is 0 Å². The van der Waals surface area contributed by atoms with E-state index < -0.39 is 0 Å². The molecule has 0 radical (unpaired) electrons. The number of hydrogen-bond acceptors (Lipinski definition) is 4. The minimum Gasteiger partial charge on any atom is -0.491 e. The molecule has 0 saturated carbocycles. The maximum Gasteiger partial charge on any atom is 0.231 e. The third-order valence-corrected chi connectivity index (χ3v) is 2.10. The van der Waals surface area contributed by atoms with Crippen LogP contribution in [0.4, 0.5) is 0 Å². The largest absolute Gasteiger partial charge is 0.491 e. The smallest absolute Gasteiger partial charge is 0.231 e. The zero-order chi connectivity index (χ0) is 9.97. The van der Waals surface area contributed by atoms with Crippen molar-refractivity contribution in [2.75, 3.05) is 19.9 Å². The molecule has 2 N–H and O–H groups in total. The van der Waals surface area contributed by atoms with E-state index in [1.54, 1.807) is 12.1 Å². The summed E-state index contributed by atoms with van der Waals surface area (Å²) in [4.78, 5) is 0. The monoisotopic (exact) mass is 215 g/mol. The summed E-state index contributed by atoms with van der Waals surface area (Å²) in [5, 5.41) is 0.503. The Bertz CT molecular complexity index is 343. The van der Waals surface area contributed by atoms with Gasteiger partial charge in [0.15, 0.2) is 11.5 Å². The van der Waals surface area contributed by atoms with E-state index in [2.05, 4.69) is 0 Å². The highest BCUT2D eigenvalue weighted by Gasteiger charge is 2.16. The van der Waals surface area contributed by atoms with E-state index in [1.165, 1.54) is 0 Å². The summed E-state index contributed by atoms with van der Waals surface area (Å²) >= 11 is 5.94. The van der Waals surface area contributed by atoms with Crippen LogP contribution in [0, 0.1) is 0 Å². The van der Waals surface area contributed by atoms with Crippen molar-refractivity contribution in [2.24, 2.45) is 5.73 Å². The van der Waals surface area contributed by atoms with Gasteiger partial charge in [0.05, 0.1) is 5.02 Å². The van der Waals surface area contributed by atoms with Crippen molar-refractivity contribution in [1.29, 1.82) is 0 Å². The molecule has 4 nitrogen and oxygen atoms in total. The van der Waals surface area contributed by atoms with Gasteiger partial charge in [-0.15, -0.1) is 0 Å². The van der Waals surface area contributed by atoms with Crippen molar-refractivity contribution in [3.63, 3.8) is 0 Å². The molecule has 0 aromatic heterocycles. The lowest BCUT2D eigenvalue weighted by atomic mass is 10.3. The number of benzene rings is 1. The number of rotatable bonds is 3. The quantitative estimate of drug-likeness (QED) is 0.828. The minimum atomic E-state index is 0.228. The summed E-state index contributed by atoms with van der Waals surface area (Å²) in [5.41, 5.74) is 5.32. The Morgan fingerprint density at radius 3 is 2.79 bits per heavy atom. The minimum absolute atomic E-state index is 0.228. The first-order valence-electron chi connectivity index (χ1n) is 4.23. The lowest BCUT2D eigenvalue weighted by Gasteiger charge is -2.07. The average molecular weight is 216 g/mol. The third-order valence-electron chi connectivity index (χ3n) is 1.80. The van der Waals surface area contributed by atoms with Gasteiger partial charge in [-0.2, -0.15) is 0 Å². The van der Waals surface area contributed by atoms with E-state index in [4.69, 9.17) is 31.5 Å². The normalized spacial score (nSPS) is 13.0. The summed E-state index contributed by atoms with van der Waals surface area (Å²) in [5.74, 6) is 1.87. The van der Waals surface area contributed by atoms with Gasteiger partial charge in [-0.3, -0.25) is 0 Å². The summed E-state index contributed by atoms with van der Waals surface area (Å²) in [7, 11) is 0. The van der Waals surface area contributed by atoms with Crippen LogP contribution in [0.5, 0.6) is 17.2 Å². The van der Waals surface area contributed by atoms with Crippen LogP contribution in [0.15, 0.2) is 12.1 Å². The van der Waals surface area contributed by atoms with Crippen LogP contribution in [0.2, 0.25) is 5.02 Å². The molecule has 0 atom stereocenters. The Labute approximate surface area is 86.5 Å². The Morgan fingerprint density at radius 2 is 2.07 bits per heavy atom. The van der Waals surface area contributed by atoms with Crippen LogP contribution in [-0.4, -0.2) is 19.9 Å². The van der Waals surface area contributed by atoms with Crippen molar-refractivity contribution in [1.82, 2.24) is 0 Å². The Kier molecular flexibility index (Phi) is 2.65. The Morgan fingerprint density at radius 1 is 1.36 bits per heavy atom. The zero-order valence-electron chi connectivity index (χ0n) is 7.46. The van der Waals surface area contributed by atoms with Gasteiger partial charge in [-0.05, 0) is 0 Å². The van der Waals surface area contributed by atoms with Gasteiger partial charge in [-0.1, -0.05) is 11.6 Å². The number of nitrogens with two attached hydrogens (primary N) is 1. The van der Waals surface area contributed by atoms with Crippen LogP contribution < -0.4 is 19.9 Å². The predicted octanol–water partition coefficient (Wildman–Crippen LogP) is 1.41. The molecule has 14 heavy (non-hydrogen) atoms. The molecule has 2 rings (SSSR count). The molecule has 0 amide bonds. The third kappa shape index (κ3) is 1.71. The molecular weight excluding hydrogens is 206 g/mol. The molecule has 76 valence electrons. The van der Waals surface area contributed by atoms with E-state index in [0.29, 0.717) is 35.4 Å². The first kappa shape index (κ1) is 9.43. The van der Waals surface area contributed by atoms with Crippen molar-refractivity contribution in [3.8, 4) is 17.2 Å². The summed E-state index contributed by atoms with van der Waals surface area (Å²) < 4.78 is 15.7. The standard InChI is InChI=1S/C9H10ClNO3/c10-6-3-8-9(14-5-13-8)4-7(6)12-2-1-11/h3-4H,1-2,5,11H2. The van der Waals surface area contributed by atoms with Gasteiger partial charge in [0.1, 0.15) is 12.4 Å². The summed E-state index contributed by atoms with van der Waals surface area (Å²) in [6.07, 6.45) is 0. The lowest BCUT2D eigenvalue weighted by molar-refractivity contribution is 0.174. The van der Waals surface area contributed by atoms with Crippen molar-refractivity contribution in [3.05, 3.63) is 17.2 Å². The highest BCUT2D eigenvalue weighted by atomic mass is 35.5. The molecule has 1 heterocycles. The van der Waals surface area contributed by atoms with Crippen molar-refractivity contribution >= 4 is 11.6 Å². The van der Waals surface area contributed by atoms with Crippen LogP contribution in [0.25, 0.3) is 0 Å². The first-order valence-corrected chi connectivity index (χ1v) is 4.61. The second-order valence-corrected chi connectivity index (χ2v) is 3.18. The molecular formula is C9H10ClNO3. The van der Waals surface area contributed by atoms with Gasteiger partial charge >= 0.3 is 0 Å². The molecule has 0 saturated heterocycles. The van der Waals surface area contributed by atoms with Gasteiger partial charge in [0.25, 0.3) is 0 Å². The van der Waals surface area contributed by atoms with Crippen LogP contribution in [0.3, 0.4) is 0 Å². The fourth-order valence-corrected chi connectivity index (χ4v) is 1.39. The lowest BCUT2D eigenvalue weighted by Crippen LogP contribution is -2.10. The Balaban J connectivity index is 2.23. The van der Waals surface area contributed by atoms with Gasteiger partial charge in [0, 0.05) is 18.7 Å². The van der Waals surface area contributed by atoms with Crippen LogP contribution >= 0.6 is 11.6 Å². The molecule has 1 aromatic rings. The molecule has 1 aromatic carbocycles. The maximum absolute atomic E-state index is 5.94. The number of halogens is 1. The first-order chi connectivity index (χ1) is 6.81. The molecule has 0 unspecified atom stereocenters. The molecule has 5 heteroatoms. The second kappa shape index (κ2) is 3.94. The fraction of sp³-hybridized carbons (Fsp3) is 0.333. The van der Waals surface area contributed by atoms with Crippen molar-refractivity contribution < 1.29 is 14.2 Å². The molecule has 1 aliphatic heterocycles. The predicted molar refractivity (Wildman–Crippen MR) is 52.1 cm³/mol. The zero-order valence-corrected chi connectivity index (χ0v) is 8.21. The van der Waals surface area contributed by atoms with Crippen LogP contribution in [0.1, 0.15) is 0 Å². The summed E-state index contributed by atoms with van der Waals surface area (Å²) in [6.45, 7) is 1.11. The molecule has 0 fully saturated rings. The van der Waals surface area contributed by atoms with Gasteiger partial charge < -0.3 is 19.9 Å². The van der Waals surface area contributed by atoms with E-state index in [1.807, 2.05) is 0 Å². The molecule has 0 aliphatic carbocycles. The number of ether oxygens (including phenoxy) is 3. The molecule has 0 spiro atoms. The SMILES string of the molecule is NCCOc1cc2c(cc1Cl)OCO2. The second-order valence-electron chi connectivity index (χ2n) is 2.77. The van der Waals surface area contributed by atoms with Crippen molar-refractivity contribution in [2.45, 2.75) is 0 Å². The summed E-state index contributed by atoms with van der Waals surface area (Å²) in [6, 6.07) is 3.38. The van der Waals surface area contributed by atoms with Crippen LogP contribution in [-0.2, 0) is 0 Å². The highest BCUT2D eigenvalue weighted by Crippen LogP contribution is 2.40. The molecule has 0 bridgehead atoms. The topological polar surface area (TPSA) is 53.7 Å². The maximum atomic E-state index is 5.94. The van der Waals surface area contributed by atoms with E-state index in [9.17, 15) is 0 Å². The number of fused-ring (bicyclic) bond motifs is 1. The van der Waals surface area contributed by atoms with E-state index in [0.717, 1.165) is 0 Å². The number of hydrogen-bond donors (Lipinski definition) is 1. The van der Waals surface area contributed by atoms with E-state index in [-0.39, 0.29) is 6.79 Å². The highest BCUT2D eigenvalue weighted by molar-refractivity contribution is 6.32. The fourth-order valence-electron chi connectivity index (χ4n) is 1.18. The average Bonchev–Trinajstić information content (AvgIpc) is 2.61. The Hall–Kier alpha value is -1.13. The van der Waals surface area contributed by atoms with Gasteiger partial charge in [0.2, 0.25) is 6.79 Å².